The van der Waals surface area contributed by atoms with Gasteiger partial charge in [0.25, 0.3) is 0 Å². The quantitative estimate of drug-likeness (QED) is 0.319. The van der Waals surface area contributed by atoms with Crippen molar-refractivity contribution in [3.05, 3.63) is 102 Å². The van der Waals surface area contributed by atoms with Gasteiger partial charge in [0.2, 0.25) is 5.82 Å². The highest BCUT2D eigenvalue weighted by molar-refractivity contribution is 5.71. The van der Waals surface area contributed by atoms with Gasteiger partial charge in [-0.1, -0.05) is 61.2 Å². The van der Waals surface area contributed by atoms with Gasteiger partial charge in [-0.25, -0.2) is 8.78 Å². The van der Waals surface area contributed by atoms with E-state index < -0.39 is 11.6 Å². The van der Waals surface area contributed by atoms with Crippen LogP contribution in [0.5, 0.6) is 5.75 Å². The van der Waals surface area contributed by atoms with Crippen molar-refractivity contribution in [1.82, 2.24) is 0 Å². The molecule has 0 spiro atoms. The molecule has 0 bridgehead atoms. The Kier molecular flexibility index (Phi) is 7.56. The van der Waals surface area contributed by atoms with Crippen molar-refractivity contribution in [2.45, 2.75) is 38.5 Å². The number of halogens is 3. The van der Waals surface area contributed by atoms with Crippen LogP contribution in [-0.2, 0) is 0 Å². The van der Waals surface area contributed by atoms with E-state index in [1.165, 1.54) is 18.2 Å². The number of benzene rings is 3. The van der Waals surface area contributed by atoms with Crippen LogP contribution in [0.4, 0.5) is 13.2 Å². The summed E-state index contributed by atoms with van der Waals surface area (Å²) < 4.78 is 49.1. The van der Waals surface area contributed by atoms with Crippen LogP contribution in [0.1, 0.15) is 44.1 Å². The summed E-state index contributed by atoms with van der Waals surface area (Å²) in [5.41, 5.74) is 3.04. The first-order valence-corrected chi connectivity index (χ1v) is 11.8. The molecule has 0 heterocycles. The van der Waals surface area contributed by atoms with E-state index >= 15 is 4.39 Å². The van der Waals surface area contributed by atoms with Gasteiger partial charge in [-0.05, 0) is 84.9 Å². The normalized spacial score (nSPS) is 18.2. The van der Waals surface area contributed by atoms with E-state index in [4.69, 9.17) is 4.74 Å². The van der Waals surface area contributed by atoms with E-state index in [2.05, 4.69) is 18.7 Å². The second-order valence-electron chi connectivity index (χ2n) is 8.79. The van der Waals surface area contributed by atoms with Gasteiger partial charge >= 0.3 is 0 Å². The number of hydrogen-bond acceptors (Lipinski definition) is 1. The Morgan fingerprint density at radius 3 is 2.18 bits per heavy atom. The molecule has 0 atom stereocenters. The molecule has 1 aliphatic carbocycles. The van der Waals surface area contributed by atoms with Crippen molar-refractivity contribution in [2.24, 2.45) is 5.92 Å². The number of ether oxygens (including phenoxy) is 1. The standard InChI is InChI=1S/C30H29F3O/c1-3-5-20-6-8-22(9-7-20)25-15-14-24(19-27(25)31)21-10-12-23(13-11-21)26-16-17-28(34-18-4-2)30(33)29(26)32/h3-5,10-17,19-20,22H,2,6-9,18H2,1H3/b5-3+. The lowest BCUT2D eigenvalue weighted by Crippen LogP contribution is -2.12. The van der Waals surface area contributed by atoms with Crippen molar-refractivity contribution < 1.29 is 17.9 Å². The van der Waals surface area contributed by atoms with Gasteiger partial charge in [-0.3, -0.25) is 0 Å². The number of rotatable bonds is 7. The molecular weight excluding hydrogens is 433 g/mol. The summed E-state index contributed by atoms with van der Waals surface area (Å²) in [7, 11) is 0. The molecule has 0 saturated heterocycles. The average Bonchev–Trinajstić information content (AvgIpc) is 2.86. The summed E-state index contributed by atoms with van der Waals surface area (Å²) in [6.45, 7) is 5.64. The Hall–Kier alpha value is -3.27. The molecule has 4 heteroatoms. The Balaban J connectivity index is 1.51. The summed E-state index contributed by atoms with van der Waals surface area (Å²) in [5, 5.41) is 0. The molecule has 0 aliphatic heterocycles. The van der Waals surface area contributed by atoms with E-state index in [9.17, 15) is 8.78 Å². The van der Waals surface area contributed by atoms with Gasteiger partial charge in [-0.2, -0.15) is 4.39 Å². The van der Waals surface area contributed by atoms with E-state index in [1.54, 1.807) is 30.3 Å². The lowest BCUT2D eigenvalue weighted by molar-refractivity contribution is 0.333. The fourth-order valence-corrected chi connectivity index (χ4v) is 4.79. The molecule has 0 radical (unpaired) electrons. The Labute approximate surface area is 199 Å². The molecule has 3 aromatic rings. The zero-order valence-corrected chi connectivity index (χ0v) is 19.4. The smallest absolute Gasteiger partial charge is 0.201 e. The van der Waals surface area contributed by atoms with Crippen LogP contribution in [0.3, 0.4) is 0 Å². The summed E-state index contributed by atoms with van der Waals surface area (Å²) in [6.07, 6.45) is 10.0. The summed E-state index contributed by atoms with van der Waals surface area (Å²) in [6, 6.07) is 15.3. The molecule has 0 N–H and O–H groups in total. The molecule has 1 nitrogen and oxygen atoms in total. The maximum Gasteiger partial charge on any atom is 0.201 e. The topological polar surface area (TPSA) is 9.23 Å². The van der Waals surface area contributed by atoms with Gasteiger partial charge in [-0.15, -0.1) is 0 Å². The van der Waals surface area contributed by atoms with Gasteiger partial charge in [0.05, 0.1) is 0 Å². The Bertz CT molecular complexity index is 1170. The molecule has 0 aromatic heterocycles. The second-order valence-corrected chi connectivity index (χ2v) is 8.79. The monoisotopic (exact) mass is 462 g/mol. The molecule has 34 heavy (non-hydrogen) atoms. The van der Waals surface area contributed by atoms with Gasteiger partial charge in [0, 0.05) is 5.56 Å². The first-order valence-electron chi connectivity index (χ1n) is 11.8. The first kappa shape index (κ1) is 23.9. The van der Waals surface area contributed by atoms with Gasteiger partial charge in [0.15, 0.2) is 11.6 Å². The van der Waals surface area contributed by atoms with Crippen LogP contribution >= 0.6 is 0 Å². The molecule has 176 valence electrons. The molecular formula is C30H29F3O. The van der Waals surface area contributed by atoms with E-state index in [0.29, 0.717) is 11.5 Å². The summed E-state index contributed by atoms with van der Waals surface area (Å²) in [5.74, 6) is -1.46. The Morgan fingerprint density at radius 2 is 1.53 bits per heavy atom. The van der Waals surface area contributed by atoms with Crippen LogP contribution in [0.15, 0.2) is 79.4 Å². The third-order valence-corrected chi connectivity index (χ3v) is 6.61. The fourth-order valence-electron chi connectivity index (χ4n) is 4.79. The number of allylic oxidation sites excluding steroid dienone is 2. The fraction of sp³-hybridized carbons (Fsp3) is 0.267. The third-order valence-electron chi connectivity index (χ3n) is 6.61. The molecule has 4 rings (SSSR count). The van der Waals surface area contributed by atoms with Crippen LogP contribution in [0.2, 0.25) is 0 Å². The summed E-state index contributed by atoms with van der Waals surface area (Å²) in [4.78, 5) is 0. The lowest BCUT2D eigenvalue weighted by atomic mass is 9.78. The highest BCUT2D eigenvalue weighted by Crippen LogP contribution is 2.38. The minimum atomic E-state index is -1.03. The maximum atomic E-state index is 15.0. The predicted octanol–water partition coefficient (Wildman–Crippen LogP) is 8.85. The van der Waals surface area contributed by atoms with Gasteiger partial charge < -0.3 is 4.74 Å². The molecule has 1 fully saturated rings. The second kappa shape index (κ2) is 10.8. The molecule has 3 aromatic carbocycles. The highest BCUT2D eigenvalue weighted by Gasteiger charge is 2.23. The van der Waals surface area contributed by atoms with Crippen molar-refractivity contribution in [2.75, 3.05) is 6.61 Å². The van der Waals surface area contributed by atoms with Crippen LogP contribution in [0, 0.1) is 23.4 Å². The van der Waals surface area contributed by atoms with Crippen molar-refractivity contribution in [1.29, 1.82) is 0 Å². The lowest BCUT2D eigenvalue weighted by Gasteiger charge is -2.27. The minimum absolute atomic E-state index is 0.0945. The third kappa shape index (κ3) is 5.11. The molecule has 1 aliphatic rings. The van der Waals surface area contributed by atoms with E-state index in [0.717, 1.165) is 42.4 Å². The highest BCUT2D eigenvalue weighted by atomic mass is 19.2. The summed E-state index contributed by atoms with van der Waals surface area (Å²) >= 11 is 0. The first-order chi connectivity index (χ1) is 16.5. The van der Waals surface area contributed by atoms with Crippen LogP contribution in [0.25, 0.3) is 22.3 Å². The SMILES string of the molecule is C=CCOc1ccc(-c2ccc(-c3ccc(C4CCC(/C=C/C)CC4)c(F)c3)cc2)c(F)c1F. The van der Waals surface area contributed by atoms with Crippen molar-refractivity contribution in [3.63, 3.8) is 0 Å². The largest absolute Gasteiger partial charge is 0.486 e. The van der Waals surface area contributed by atoms with Crippen LogP contribution < -0.4 is 4.74 Å². The predicted molar refractivity (Wildman–Crippen MR) is 132 cm³/mol. The van der Waals surface area contributed by atoms with Crippen molar-refractivity contribution in [3.8, 4) is 28.0 Å². The minimum Gasteiger partial charge on any atom is -0.486 e. The Morgan fingerprint density at radius 1 is 0.853 bits per heavy atom. The zero-order valence-electron chi connectivity index (χ0n) is 19.4. The molecule has 0 unspecified atom stereocenters. The number of hydrogen-bond donors (Lipinski definition) is 0. The van der Waals surface area contributed by atoms with Gasteiger partial charge in [0.1, 0.15) is 12.4 Å². The zero-order chi connectivity index (χ0) is 24.1. The van der Waals surface area contributed by atoms with Crippen LogP contribution in [-0.4, -0.2) is 6.61 Å². The van der Waals surface area contributed by atoms with E-state index in [-0.39, 0.29) is 29.7 Å². The average molecular weight is 463 g/mol. The van der Waals surface area contributed by atoms with Crippen molar-refractivity contribution >= 4 is 0 Å². The molecule has 0 amide bonds. The molecule has 1 saturated carbocycles. The van der Waals surface area contributed by atoms with E-state index in [1.807, 2.05) is 19.1 Å². The maximum absolute atomic E-state index is 15.0.